The molecular formula is C22H31N5O3. The summed E-state index contributed by atoms with van der Waals surface area (Å²) in [7, 11) is 0. The molecule has 1 saturated heterocycles. The molecule has 162 valence electrons. The lowest BCUT2D eigenvalue weighted by Gasteiger charge is -2.34. The van der Waals surface area contributed by atoms with Crippen molar-refractivity contribution in [3.63, 3.8) is 0 Å². The summed E-state index contributed by atoms with van der Waals surface area (Å²) >= 11 is 0. The van der Waals surface area contributed by atoms with E-state index in [1.807, 2.05) is 32.0 Å². The summed E-state index contributed by atoms with van der Waals surface area (Å²) in [6, 6.07) is 3.63. The molecule has 0 bridgehead atoms. The molecule has 3 amide bonds. The number of likely N-dealkylation sites (tertiary alicyclic amines) is 1. The number of nitrogens with one attached hydrogen (secondary N) is 1. The predicted molar refractivity (Wildman–Crippen MR) is 114 cm³/mol. The quantitative estimate of drug-likeness (QED) is 0.604. The average Bonchev–Trinajstić information content (AvgIpc) is 3.18. The Hall–Kier alpha value is -2.92. The number of nitrogens with two attached hydrogens (primary N) is 1. The van der Waals surface area contributed by atoms with Gasteiger partial charge in [-0.1, -0.05) is 25.8 Å². The molecule has 8 heteroatoms. The number of amides is 3. The summed E-state index contributed by atoms with van der Waals surface area (Å²) in [4.78, 5) is 45.4. The van der Waals surface area contributed by atoms with Crippen LogP contribution in [0.1, 0.15) is 39.3 Å². The minimum Gasteiger partial charge on any atom is -0.342 e. The van der Waals surface area contributed by atoms with Crippen LogP contribution in [-0.2, 0) is 20.9 Å². The minimum absolute atomic E-state index is 0.0753. The van der Waals surface area contributed by atoms with Crippen LogP contribution in [0.5, 0.6) is 0 Å². The van der Waals surface area contributed by atoms with Crippen LogP contribution in [0.4, 0.5) is 0 Å². The number of terminal acetylenes is 1. The number of aromatic nitrogens is 1. The highest BCUT2D eigenvalue weighted by molar-refractivity contribution is 5.91. The van der Waals surface area contributed by atoms with E-state index in [1.165, 1.54) is 6.92 Å². The third-order valence-electron chi connectivity index (χ3n) is 5.31. The first-order valence-electron chi connectivity index (χ1n) is 10.2. The van der Waals surface area contributed by atoms with Gasteiger partial charge in [0.25, 0.3) is 0 Å². The van der Waals surface area contributed by atoms with Crippen molar-refractivity contribution in [2.75, 3.05) is 13.1 Å². The van der Waals surface area contributed by atoms with Crippen molar-refractivity contribution in [1.82, 2.24) is 20.1 Å². The first-order valence-corrected chi connectivity index (χ1v) is 10.2. The number of nitrogens with zero attached hydrogens (tertiary/aromatic N) is 3. The van der Waals surface area contributed by atoms with Crippen LogP contribution in [0, 0.1) is 18.3 Å². The third-order valence-corrected chi connectivity index (χ3v) is 5.31. The van der Waals surface area contributed by atoms with E-state index in [2.05, 4.69) is 16.2 Å². The zero-order valence-electron chi connectivity index (χ0n) is 17.9. The highest BCUT2D eigenvalue weighted by atomic mass is 16.2. The number of hydrogen-bond acceptors (Lipinski definition) is 5. The Balaban J connectivity index is 2.11. The summed E-state index contributed by atoms with van der Waals surface area (Å²) in [6.07, 6.45) is 8.54. The van der Waals surface area contributed by atoms with Crippen LogP contribution < -0.4 is 11.1 Å². The van der Waals surface area contributed by atoms with Crippen molar-refractivity contribution in [3.8, 4) is 12.3 Å². The molecule has 1 aromatic heterocycles. The van der Waals surface area contributed by atoms with Gasteiger partial charge in [-0.25, -0.2) is 0 Å². The molecule has 0 radical (unpaired) electrons. The van der Waals surface area contributed by atoms with Crippen LogP contribution >= 0.6 is 0 Å². The smallest absolute Gasteiger partial charge is 0.250 e. The summed E-state index contributed by atoms with van der Waals surface area (Å²) in [5.41, 5.74) is 6.39. The van der Waals surface area contributed by atoms with Crippen LogP contribution in [0.25, 0.3) is 0 Å². The normalized spacial score (nSPS) is 17.9. The van der Waals surface area contributed by atoms with E-state index >= 15 is 0 Å². The van der Waals surface area contributed by atoms with Gasteiger partial charge in [0.05, 0.1) is 12.2 Å². The lowest BCUT2D eigenvalue weighted by molar-refractivity contribution is -0.140. The van der Waals surface area contributed by atoms with E-state index in [4.69, 9.17) is 12.2 Å². The van der Waals surface area contributed by atoms with Gasteiger partial charge in [0, 0.05) is 32.3 Å². The van der Waals surface area contributed by atoms with Crippen LogP contribution in [0.3, 0.4) is 0 Å². The van der Waals surface area contributed by atoms with Gasteiger partial charge in [0.2, 0.25) is 17.7 Å². The largest absolute Gasteiger partial charge is 0.342 e. The predicted octanol–water partition coefficient (Wildman–Crippen LogP) is 0.522. The molecule has 0 aliphatic carbocycles. The number of pyridine rings is 1. The van der Waals surface area contributed by atoms with Gasteiger partial charge in [0.1, 0.15) is 12.1 Å². The Kier molecular flexibility index (Phi) is 8.36. The van der Waals surface area contributed by atoms with Crippen molar-refractivity contribution in [2.45, 2.75) is 58.3 Å². The summed E-state index contributed by atoms with van der Waals surface area (Å²) in [6.45, 7) is 6.62. The van der Waals surface area contributed by atoms with Gasteiger partial charge in [-0.2, -0.15) is 0 Å². The number of carbonyl (C=O) groups is 3. The maximum atomic E-state index is 13.3. The minimum atomic E-state index is -1.10. The molecule has 1 fully saturated rings. The van der Waals surface area contributed by atoms with E-state index in [0.717, 1.165) is 18.5 Å². The number of rotatable bonds is 8. The maximum Gasteiger partial charge on any atom is 0.250 e. The molecule has 30 heavy (non-hydrogen) atoms. The Morgan fingerprint density at radius 3 is 2.70 bits per heavy atom. The van der Waals surface area contributed by atoms with Gasteiger partial charge in [-0.05, 0) is 30.9 Å². The highest BCUT2D eigenvalue weighted by Crippen LogP contribution is 2.22. The van der Waals surface area contributed by atoms with Crippen LogP contribution in [0.2, 0.25) is 0 Å². The van der Waals surface area contributed by atoms with Gasteiger partial charge >= 0.3 is 0 Å². The fourth-order valence-electron chi connectivity index (χ4n) is 3.57. The molecule has 1 unspecified atom stereocenters. The van der Waals surface area contributed by atoms with Crippen molar-refractivity contribution < 1.29 is 14.4 Å². The molecule has 1 aliphatic heterocycles. The Morgan fingerprint density at radius 2 is 2.13 bits per heavy atom. The zero-order chi connectivity index (χ0) is 22.3. The second-order valence-electron chi connectivity index (χ2n) is 7.92. The van der Waals surface area contributed by atoms with E-state index in [1.54, 1.807) is 16.0 Å². The van der Waals surface area contributed by atoms with Gasteiger partial charge in [0.15, 0.2) is 0 Å². The SMILES string of the molecule is C#C[C@H](N)C(=O)NC(C(=O)N1CCC[C@H]1CN(Cc1ccccn1)C(C)=O)C(C)C. The summed E-state index contributed by atoms with van der Waals surface area (Å²) in [5.74, 6) is 1.25. The second-order valence-corrected chi connectivity index (χ2v) is 7.92. The average molecular weight is 414 g/mol. The fourth-order valence-corrected chi connectivity index (χ4v) is 3.57. The third kappa shape index (κ3) is 6.04. The molecule has 1 aliphatic rings. The number of carbonyl (C=O) groups excluding carboxylic acids is 3. The highest BCUT2D eigenvalue weighted by Gasteiger charge is 2.36. The monoisotopic (exact) mass is 413 g/mol. The van der Waals surface area contributed by atoms with Crippen molar-refractivity contribution in [2.24, 2.45) is 11.7 Å². The van der Waals surface area contributed by atoms with E-state index in [-0.39, 0.29) is 23.8 Å². The Bertz CT molecular complexity index is 790. The standard InChI is InChI=1S/C22H31N5O3/c1-5-19(23)21(29)25-20(15(2)3)22(30)27-12-8-10-18(27)14-26(16(4)28)13-17-9-6-7-11-24-17/h1,6-7,9,11,15,18-20H,8,10,12-14,23H2,2-4H3,(H,25,29)/t18-,19-,20?/m0/s1. The van der Waals surface area contributed by atoms with Crippen molar-refractivity contribution in [1.29, 1.82) is 0 Å². The molecule has 2 rings (SSSR count). The Labute approximate surface area is 178 Å². The van der Waals surface area contributed by atoms with E-state index < -0.39 is 18.0 Å². The molecule has 8 nitrogen and oxygen atoms in total. The molecule has 3 N–H and O–H groups in total. The molecule has 0 saturated carbocycles. The zero-order valence-corrected chi connectivity index (χ0v) is 17.9. The summed E-state index contributed by atoms with van der Waals surface area (Å²) in [5, 5.41) is 2.69. The first-order chi connectivity index (χ1) is 14.2. The summed E-state index contributed by atoms with van der Waals surface area (Å²) < 4.78 is 0. The van der Waals surface area contributed by atoms with Crippen molar-refractivity contribution >= 4 is 17.7 Å². The first kappa shape index (κ1) is 23.4. The molecule has 1 aromatic rings. The van der Waals surface area contributed by atoms with E-state index in [0.29, 0.717) is 19.6 Å². The molecule has 3 atom stereocenters. The maximum absolute atomic E-state index is 13.3. The van der Waals surface area contributed by atoms with E-state index in [9.17, 15) is 14.4 Å². The van der Waals surface area contributed by atoms with Crippen LogP contribution in [-0.4, -0.2) is 63.7 Å². The van der Waals surface area contributed by atoms with Crippen molar-refractivity contribution in [3.05, 3.63) is 30.1 Å². The molecular weight excluding hydrogens is 382 g/mol. The lowest BCUT2D eigenvalue weighted by Crippen LogP contribution is -2.56. The molecule has 0 aromatic carbocycles. The lowest BCUT2D eigenvalue weighted by atomic mass is 10.0. The van der Waals surface area contributed by atoms with Gasteiger partial charge in [-0.15, -0.1) is 6.42 Å². The van der Waals surface area contributed by atoms with Gasteiger partial charge in [-0.3, -0.25) is 19.4 Å². The molecule has 0 spiro atoms. The number of hydrogen-bond donors (Lipinski definition) is 2. The van der Waals surface area contributed by atoms with Gasteiger partial charge < -0.3 is 20.9 Å². The fraction of sp³-hybridized carbons (Fsp3) is 0.545. The topological polar surface area (TPSA) is 109 Å². The Morgan fingerprint density at radius 1 is 1.40 bits per heavy atom. The molecule has 2 heterocycles. The van der Waals surface area contributed by atoms with Crippen LogP contribution in [0.15, 0.2) is 24.4 Å². The second kappa shape index (κ2) is 10.7.